The number of anilines is 6. The summed E-state index contributed by atoms with van der Waals surface area (Å²) in [6.45, 7) is 7.00. The molecule has 2 heteroatoms. The summed E-state index contributed by atoms with van der Waals surface area (Å²) in [4.78, 5) is 4.79. The van der Waals surface area contributed by atoms with Crippen LogP contribution in [0.1, 0.15) is 30.5 Å². The van der Waals surface area contributed by atoms with Crippen molar-refractivity contribution in [3.63, 3.8) is 0 Å². The Morgan fingerprint density at radius 2 is 0.729 bits per heavy atom. The van der Waals surface area contributed by atoms with Crippen molar-refractivity contribution in [2.24, 2.45) is 0 Å². The van der Waals surface area contributed by atoms with Crippen molar-refractivity contribution in [2.75, 3.05) is 9.80 Å². The molecule has 0 spiro atoms. The highest BCUT2D eigenvalue weighted by Gasteiger charge is 2.37. The number of aryl methyl sites for hydroxylation is 1. The summed E-state index contributed by atoms with van der Waals surface area (Å²) in [5.74, 6) is 0. The van der Waals surface area contributed by atoms with Crippen molar-refractivity contribution in [2.45, 2.75) is 26.2 Å². The fourth-order valence-corrected chi connectivity index (χ4v) is 10.9. The van der Waals surface area contributed by atoms with Gasteiger partial charge in [-0.1, -0.05) is 202 Å². The van der Waals surface area contributed by atoms with E-state index in [2.05, 4.69) is 291 Å². The van der Waals surface area contributed by atoms with E-state index in [-0.39, 0.29) is 5.41 Å². The molecule has 1 aliphatic rings. The Bertz CT molecular complexity index is 3630. The van der Waals surface area contributed by atoms with E-state index in [9.17, 15) is 0 Å². The van der Waals surface area contributed by atoms with Crippen molar-refractivity contribution < 1.29 is 0 Å². The van der Waals surface area contributed by atoms with Gasteiger partial charge in [-0.05, 0) is 157 Å². The first-order valence-electron chi connectivity index (χ1n) is 24.3. The summed E-state index contributed by atoms with van der Waals surface area (Å²) in [5, 5.41) is 2.42. The van der Waals surface area contributed by atoms with E-state index >= 15 is 0 Å². The molecule has 11 aromatic rings. The Kier molecular flexibility index (Phi) is 10.8. The summed E-state index contributed by atoms with van der Waals surface area (Å²) in [5.41, 5.74) is 22.8. The van der Waals surface area contributed by atoms with Crippen LogP contribution in [0.3, 0.4) is 0 Å². The van der Waals surface area contributed by atoms with Crippen LogP contribution in [-0.2, 0) is 5.41 Å². The summed E-state index contributed by atoms with van der Waals surface area (Å²) < 4.78 is 0. The van der Waals surface area contributed by atoms with E-state index in [4.69, 9.17) is 0 Å². The molecule has 12 rings (SSSR count). The molecular weight excluding hydrogens is 845 g/mol. The average Bonchev–Trinajstić information content (AvgIpc) is 3.65. The minimum atomic E-state index is -0.152. The molecule has 0 N–H and O–H groups in total. The van der Waals surface area contributed by atoms with Crippen LogP contribution in [0.2, 0.25) is 0 Å². The lowest BCUT2D eigenvalue weighted by molar-refractivity contribution is 0.660. The lowest BCUT2D eigenvalue weighted by Gasteiger charge is -2.30. The largest absolute Gasteiger partial charge is 0.311 e. The first-order chi connectivity index (χ1) is 34.4. The minimum Gasteiger partial charge on any atom is -0.311 e. The number of rotatable bonds is 10. The van der Waals surface area contributed by atoms with Crippen LogP contribution in [0, 0.1) is 6.92 Å². The van der Waals surface area contributed by atoms with E-state index in [1.165, 1.54) is 77.5 Å². The predicted molar refractivity (Wildman–Crippen MR) is 297 cm³/mol. The molecule has 0 saturated heterocycles. The molecule has 0 atom stereocenters. The molecule has 0 bridgehead atoms. The molecule has 0 amide bonds. The monoisotopic (exact) mass is 896 g/mol. The molecule has 0 radical (unpaired) electrons. The Hall–Kier alpha value is -8.72. The molecule has 0 saturated carbocycles. The lowest BCUT2D eigenvalue weighted by atomic mass is 9.82. The van der Waals surface area contributed by atoms with E-state index in [0.29, 0.717) is 0 Å². The molecule has 70 heavy (non-hydrogen) atoms. The zero-order valence-electron chi connectivity index (χ0n) is 39.7. The van der Waals surface area contributed by atoms with Crippen LogP contribution in [0.25, 0.3) is 66.4 Å². The van der Waals surface area contributed by atoms with Gasteiger partial charge in [-0.3, -0.25) is 0 Å². The first kappa shape index (κ1) is 42.6. The van der Waals surface area contributed by atoms with E-state index < -0.39 is 0 Å². The van der Waals surface area contributed by atoms with Gasteiger partial charge in [-0.2, -0.15) is 0 Å². The normalized spacial score (nSPS) is 12.3. The lowest BCUT2D eigenvalue weighted by Crippen LogP contribution is -2.17. The van der Waals surface area contributed by atoms with Crippen molar-refractivity contribution >= 4 is 44.9 Å². The van der Waals surface area contributed by atoms with Gasteiger partial charge in [0.2, 0.25) is 0 Å². The summed E-state index contributed by atoms with van der Waals surface area (Å²) in [6.07, 6.45) is 0. The van der Waals surface area contributed by atoms with Gasteiger partial charge in [-0.25, -0.2) is 0 Å². The fourth-order valence-electron chi connectivity index (χ4n) is 10.9. The maximum atomic E-state index is 2.48. The third kappa shape index (κ3) is 7.55. The SMILES string of the molecule is Cc1cccc2c1-c1ccc(N(c3ccc(-c4ccccc4-c4ccccc4-c4ccc(N(c5ccccc5)c5ccccc5)cc4)cc3)c3cc4ccccc4cc3-c3ccccc3)cc1C2(C)C. The van der Waals surface area contributed by atoms with Gasteiger partial charge in [0.05, 0.1) is 5.69 Å². The van der Waals surface area contributed by atoms with Crippen molar-refractivity contribution in [1.29, 1.82) is 0 Å². The molecule has 0 heterocycles. The van der Waals surface area contributed by atoms with E-state index in [1.54, 1.807) is 0 Å². The van der Waals surface area contributed by atoms with Crippen LogP contribution in [0.15, 0.2) is 261 Å². The summed E-state index contributed by atoms with van der Waals surface area (Å²) >= 11 is 0. The Labute approximate surface area is 412 Å². The Balaban J connectivity index is 0.958. The molecule has 0 aliphatic heterocycles. The summed E-state index contributed by atoms with van der Waals surface area (Å²) in [7, 11) is 0. The van der Waals surface area contributed by atoms with Gasteiger partial charge >= 0.3 is 0 Å². The number of nitrogens with zero attached hydrogens (tertiary/aromatic N) is 2. The van der Waals surface area contributed by atoms with Crippen LogP contribution >= 0.6 is 0 Å². The number of fused-ring (bicyclic) bond motifs is 4. The highest BCUT2D eigenvalue weighted by Crippen LogP contribution is 2.53. The topological polar surface area (TPSA) is 6.48 Å². The maximum absolute atomic E-state index is 2.48. The van der Waals surface area contributed by atoms with Gasteiger partial charge in [0, 0.05) is 39.4 Å². The third-order valence-electron chi connectivity index (χ3n) is 14.4. The number of benzene rings is 11. The molecule has 0 unspecified atom stereocenters. The Morgan fingerprint density at radius 3 is 1.30 bits per heavy atom. The molecule has 334 valence electrons. The fraction of sp³-hybridized carbons (Fsp3) is 0.0588. The third-order valence-corrected chi connectivity index (χ3v) is 14.4. The second-order valence-corrected chi connectivity index (χ2v) is 19.0. The number of hydrogen-bond acceptors (Lipinski definition) is 2. The molecule has 1 aliphatic carbocycles. The second-order valence-electron chi connectivity index (χ2n) is 19.0. The van der Waals surface area contributed by atoms with Gasteiger partial charge in [0.25, 0.3) is 0 Å². The van der Waals surface area contributed by atoms with E-state index in [0.717, 1.165) is 39.7 Å². The highest BCUT2D eigenvalue weighted by atomic mass is 15.1. The smallest absolute Gasteiger partial charge is 0.0546 e. The second kappa shape index (κ2) is 17.7. The molecular formula is C68H52N2. The van der Waals surface area contributed by atoms with Crippen molar-refractivity contribution in [1.82, 2.24) is 0 Å². The zero-order valence-corrected chi connectivity index (χ0v) is 39.7. The highest BCUT2D eigenvalue weighted by molar-refractivity contribution is 6.00. The van der Waals surface area contributed by atoms with Crippen molar-refractivity contribution in [3.05, 3.63) is 278 Å². The van der Waals surface area contributed by atoms with Crippen LogP contribution in [0.5, 0.6) is 0 Å². The summed E-state index contributed by atoms with van der Waals surface area (Å²) in [6, 6.07) is 95.3. The average molecular weight is 897 g/mol. The van der Waals surface area contributed by atoms with Crippen LogP contribution < -0.4 is 9.80 Å². The van der Waals surface area contributed by atoms with Gasteiger partial charge in [0.15, 0.2) is 0 Å². The standard InChI is InChI=1S/C68H52N2/c1-47-20-19-33-64-67(47)62-43-42-57(46-65(62)68(64,2)3)70(66-45-52-24-14-13-23-51(52)44-63(66)48-21-7-4-8-22-48)56-40-36-50(37-41-56)59-30-16-18-32-61(59)60-31-17-15-29-58(60)49-34-38-55(39-35-49)69(53-25-9-5-10-26-53)54-27-11-6-12-28-54/h4-46H,1-3H3. The van der Waals surface area contributed by atoms with Crippen LogP contribution in [0.4, 0.5) is 34.1 Å². The molecule has 2 nitrogen and oxygen atoms in total. The van der Waals surface area contributed by atoms with Crippen molar-refractivity contribution in [3.8, 4) is 55.6 Å². The zero-order chi connectivity index (χ0) is 47.2. The van der Waals surface area contributed by atoms with Gasteiger partial charge < -0.3 is 9.80 Å². The predicted octanol–water partition coefficient (Wildman–Crippen LogP) is 19.1. The first-order valence-corrected chi connectivity index (χ1v) is 24.3. The van der Waals surface area contributed by atoms with Crippen LogP contribution in [-0.4, -0.2) is 0 Å². The van der Waals surface area contributed by atoms with Gasteiger partial charge in [0.1, 0.15) is 0 Å². The molecule has 0 fully saturated rings. The maximum Gasteiger partial charge on any atom is 0.0546 e. The van der Waals surface area contributed by atoms with Gasteiger partial charge in [-0.15, -0.1) is 0 Å². The quantitative estimate of drug-likeness (QED) is 0.135. The number of hydrogen-bond donors (Lipinski definition) is 0. The Morgan fingerprint density at radius 1 is 0.286 bits per heavy atom. The molecule has 0 aromatic heterocycles. The molecule has 11 aromatic carbocycles. The number of para-hydroxylation sites is 2. The van der Waals surface area contributed by atoms with E-state index in [1.807, 2.05) is 0 Å². The minimum absolute atomic E-state index is 0.152.